The fourth-order valence-electron chi connectivity index (χ4n) is 3.69. The lowest BCUT2D eigenvalue weighted by Crippen LogP contribution is -2.15. The highest BCUT2D eigenvalue weighted by atomic mass is 79.9. The normalized spacial score (nSPS) is 13.2. The predicted octanol–water partition coefficient (Wildman–Crippen LogP) is 7.47. The summed E-state index contributed by atoms with van der Waals surface area (Å²) in [6, 6.07) is 13.6. The quantitative estimate of drug-likeness (QED) is 0.243. The van der Waals surface area contributed by atoms with E-state index in [1.165, 1.54) is 24.3 Å². The number of para-hydroxylation sites is 1. The van der Waals surface area contributed by atoms with Crippen molar-refractivity contribution in [1.29, 1.82) is 0 Å². The molecular weight excluding hydrogens is 569 g/mol. The highest BCUT2D eigenvalue weighted by molar-refractivity contribution is 9.10. The summed E-state index contributed by atoms with van der Waals surface area (Å²) in [7, 11) is 0. The van der Waals surface area contributed by atoms with Crippen LogP contribution in [0.5, 0.6) is 23.0 Å². The molecule has 3 aromatic carbocycles. The van der Waals surface area contributed by atoms with Gasteiger partial charge in [0, 0.05) is 22.2 Å². The van der Waals surface area contributed by atoms with Crippen molar-refractivity contribution in [2.75, 3.05) is 6.79 Å². The Labute approximate surface area is 215 Å². The minimum Gasteiger partial charge on any atom is -0.489 e. The van der Waals surface area contributed by atoms with Crippen LogP contribution in [0, 0.1) is 0 Å². The smallest absolute Gasteiger partial charge is 0.453 e. The summed E-state index contributed by atoms with van der Waals surface area (Å²) < 4.78 is 69.0. The van der Waals surface area contributed by atoms with E-state index in [4.69, 9.17) is 35.0 Å². The molecule has 0 N–H and O–H groups in total. The molecule has 6 nitrogen and oxygen atoms in total. The van der Waals surface area contributed by atoms with Crippen molar-refractivity contribution in [3.8, 4) is 23.0 Å². The van der Waals surface area contributed by atoms with Gasteiger partial charge in [-0.05, 0) is 52.3 Å². The monoisotopic (exact) mass is 582 g/mol. The number of rotatable bonds is 5. The van der Waals surface area contributed by atoms with Crippen LogP contribution in [0.1, 0.15) is 16.9 Å². The Bertz CT molecular complexity index is 1520. The Morgan fingerprint density at radius 1 is 1.08 bits per heavy atom. The molecule has 0 unspecified atom stereocenters. The summed E-state index contributed by atoms with van der Waals surface area (Å²) in [6.07, 6.45) is -4.99. The lowest BCUT2D eigenvalue weighted by molar-refractivity contribution is -0.154. The number of halogens is 5. The fourth-order valence-corrected chi connectivity index (χ4v) is 4.32. The first-order valence-corrected chi connectivity index (χ1v) is 11.6. The van der Waals surface area contributed by atoms with E-state index in [0.29, 0.717) is 27.4 Å². The fraction of sp³-hybridized carbons (Fsp3) is 0.160. The van der Waals surface area contributed by atoms with Crippen molar-refractivity contribution in [2.24, 2.45) is 0 Å². The van der Waals surface area contributed by atoms with Crippen molar-refractivity contribution < 1.29 is 36.5 Å². The zero-order chi connectivity index (χ0) is 25.4. The van der Waals surface area contributed by atoms with E-state index >= 15 is 0 Å². The molecule has 4 aromatic rings. The maximum absolute atomic E-state index is 13.8. The number of ether oxygens (including phenoxy) is 4. The van der Waals surface area contributed by atoms with Crippen LogP contribution in [-0.2, 0) is 24.1 Å². The van der Waals surface area contributed by atoms with Crippen LogP contribution in [0.15, 0.2) is 68.3 Å². The Balaban J connectivity index is 1.50. The number of fused-ring (bicyclic) bond motifs is 2. The van der Waals surface area contributed by atoms with E-state index < -0.39 is 23.1 Å². The van der Waals surface area contributed by atoms with E-state index in [2.05, 4.69) is 15.9 Å². The third kappa shape index (κ3) is 4.88. The molecular formula is C25H15BrClF3O6. The summed E-state index contributed by atoms with van der Waals surface area (Å²) in [5.74, 6) is -1.72. The molecule has 1 aliphatic rings. The first-order chi connectivity index (χ1) is 17.2. The van der Waals surface area contributed by atoms with Crippen LogP contribution >= 0.6 is 27.5 Å². The van der Waals surface area contributed by atoms with Crippen molar-refractivity contribution in [3.05, 3.63) is 91.2 Å². The molecule has 0 fully saturated rings. The largest absolute Gasteiger partial charge is 0.489 e. The number of alkyl halides is 3. The average Bonchev–Trinajstić information content (AvgIpc) is 2.84. The summed E-state index contributed by atoms with van der Waals surface area (Å²) in [4.78, 5) is 13.0. The Morgan fingerprint density at radius 2 is 1.89 bits per heavy atom. The summed E-state index contributed by atoms with van der Waals surface area (Å²) >= 11 is 9.36. The second kappa shape index (κ2) is 9.68. The molecule has 2 heterocycles. The first kappa shape index (κ1) is 24.5. The highest BCUT2D eigenvalue weighted by Gasteiger charge is 2.40. The zero-order valence-electron chi connectivity index (χ0n) is 18.2. The van der Waals surface area contributed by atoms with E-state index in [9.17, 15) is 18.0 Å². The van der Waals surface area contributed by atoms with E-state index in [-0.39, 0.29) is 35.9 Å². The van der Waals surface area contributed by atoms with Gasteiger partial charge < -0.3 is 23.4 Å². The third-order valence-electron chi connectivity index (χ3n) is 5.27. The molecule has 0 radical (unpaired) electrons. The van der Waals surface area contributed by atoms with Gasteiger partial charge in [0.05, 0.1) is 16.5 Å². The maximum atomic E-state index is 13.8. The highest BCUT2D eigenvalue weighted by Crippen LogP contribution is 2.40. The Hall–Kier alpha value is -3.21. The minimum absolute atomic E-state index is 0.00793. The molecule has 5 rings (SSSR count). The van der Waals surface area contributed by atoms with Crippen molar-refractivity contribution in [3.63, 3.8) is 0 Å². The number of hydrogen-bond acceptors (Lipinski definition) is 6. The topological polar surface area (TPSA) is 67.1 Å². The van der Waals surface area contributed by atoms with Crippen LogP contribution in [0.3, 0.4) is 0 Å². The maximum Gasteiger partial charge on any atom is 0.453 e. The summed E-state index contributed by atoms with van der Waals surface area (Å²) in [6.45, 7) is 0.412. The standard InChI is InChI=1S/C25H15BrClF3O6/c26-18-3-1-2-4-19(18)35-23-21(31)17-6-5-16(9-20(17)36-24(23)25(28,29)30)33-11-14-8-15(27)7-13-10-32-12-34-22(13)14/h1-9H,10-12H2. The number of hydrogen-bond donors (Lipinski definition) is 0. The van der Waals surface area contributed by atoms with Gasteiger partial charge in [-0.25, -0.2) is 0 Å². The van der Waals surface area contributed by atoms with Gasteiger partial charge in [-0.3, -0.25) is 4.79 Å². The van der Waals surface area contributed by atoms with Crippen molar-refractivity contribution >= 4 is 38.5 Å². The lowest BCUT2D eigenvalue weighted by atomic mass is 10.1. The second-order valence-electron chi connectivity index (χ2n) is 7.73. The van der Waals surface area contributed by atoms with Gasteiger partial charge in [0.25, 0.3) is 5.76 Å². The molecule has 0 atom stereocenters. The molecule has 1 aliphatic heterocycles. The second-order valence-corrected chi connectivity index (χ2v) is 9.02. The molecule has 1 aromatic heterocycles. The van der Waals surface area contributed by atoms with Gasteiger partial charge in [-0.15, -0.1) is 0 Å². The van der Waals surface area contributed by atoms with Crippen LogP contribution in [0.25, 0.3) is 11.0 Å². The molecule has 36 heavy (non-hydrogen) atoms. The zero-order valence-corrected chi connectivity index (χ0v) is 20.5. The Morgan fingerprint density at radius 3 is 2.67 bits per heavy atom. The molecule has 0 saturated carbocycles. The predicted molar refractivity (Wildman–Crippen MR) is 128 cm³/mol. The SMILES string of the molecule is O=c1c(Oc2ccccc2Br)c(C(F)(F)F)oc2cc(OCc3cc(Cl)cc4c3OCOC4)ccc12. The molecule has 0 saturated heterocycles. The first-order valence-electron chi connectivity index (χ1n) is 10.5. The van der Waals surface area contributed by atoms with Gasteiger partial charge in [-0.2, -0.15) is 13.2 Å². The van der Waals surface area contributed by atoms with Crippen LogP contribution in [-0.4, -0.2) is 6.79 Å². The van der Waals surface area contributed by atoms with Gasteiger partial charge in [-0.1, -0.05) is 23.7 Å². The molecule has 0 bridgehead atoms. The average molecular weight is 584 g/mol. The van der Waals surface area contributed by atoms with E-state index in [0.717, 1.165) is 5.56 Å². The summed E-state index contributed by atoms with van der Waals surface area (Å²) in [5, 5.41) is 0.358. The van der Waals surface area contributed by atoms with Crippen LogP contribution < -0.4 is 19.6 Å². The van der Waals surface area contributed by atoms with Gasteiger partial charge in [0.1, 0.15) is 29.4 Å². The van der Waals surface area contributed by atoms with E-state index in [1.807, 2.05) is 0 Å². The van der Waals surface area contributed by atoms with Gasteiger partial charge >= 0.3 is 6.18 Å². The molecule has 0 amide bonds. The molecule has 0 aliphatic carbocycles. The van der Waals surface area contributed by atoms with Gasteiger partial charge in [0.15, 0.2) is 6.79 Å². The van der Waals surface area contributed by atoms with E-state index in [1.54, 1.807) is 30.3 Å². The van der Waals surface area contributed by atoms with Crippen LogP contribution in [0.2, 0.25) is 5.02 Å². The third-order valence-corrected chi connectivity index (χ3v) is 6.15. The van der Waals surface area contributed by atoms with Crippen molar-refractivity contribution in [2.45, 2.75) is 19.4 Å². The minimum atomic E-state index is -4.99. The Kier molecular flexibility index (Phi) is 6.59. The summed E-state index contributed by atoms with van der Waals surface area (Å²) in [5.41, 5.74) is 0.116. The van der Waals surface area contributed by atoms with Gasteiger partial charge in [0.2, 0.25) is 11.2 Å². The molecule has 0 spiro atoms. The molecule has 186 valence electrons. The molecule has 11 heteroatoms. The van der Waals surface area contributed by atoms with Crippen LogP contribution in [0.4, 0.5) is 13.2 Å². The van der Waals surface area contributed by atoms with Crippen molar-refractivity contribution in [1.82, 2.24) is 0 Å². The lowest BCUT2D eigenvalue weighted by Gasteiger charge is -2.21. The number of benzene rings is 3.